The minimum Gasteiger partial charge on any atom is -0.444 e. The van der Waals surface area contributed by atoms with E-state index in [1.807, 2.05) is 49.9 Å². The van der Waals surface area contributed by atoms with Crippen molar-refractivity contribution in [3.8, 4) is 0 Å². The van der Waals surface area contributed by atoms with Gasteiger partial charge in [-0.3, -0.25) is 0 Å². The second-order valence-corrected chi connectivity index (χ2v) is 12.1. The summed E-state index contributed by atoms with van der Waals surface area (Å²) in [6, 6.07) is 15.8. The van der Waals surface area contributed by atoms with Gasteiger partial charge in [-0.25, -0.2) is 14.4 Å². The van der Waals surface area contributed by atoms with E-state index in [0.29, 0.717) is 38.8 Å². The largest absolute Gasteiger partial charge is 0.444 e. The molecule has 0 aromatic heterocycles. The number of amides is 5. The maximum Gasteiger partial charge on any atom is 0.407 e. The van der Waals surface area contributed by atoms with E-state index < -0.39 is 11.7 Å². The third-order valence-corrected chi connectivity index (χ3v) is 7.16. The molecule has 1 fully saturated rings. The minimum absolute atomic E-state index is 0.0625. The molecule has 1 aliphatic heterocycles. The van der Waals surface area contributed by atoms with Crippen molar-refractivity contribution in [2.24, 2.45) is 0 Å². The Labute approximate surface area is 256 Å². The van der Waals surface area contributed by atoms with Gasteiger partial charge in [-0.1, -0.05) is 50.5 Å². The van der Waals surface area contributed by atoms with Crippen molar-refractivity contribution in [1.82, 2.24) is 20.9 Å². The number of rotatable bonds is 13. The molecular formula is C33H50N6O4. The third-order valence-electron chi connectivity index (χ3n) is 7.16. The predicted octanol–water partition coefficient (Wildman–Crippen LogP) is 6.24. The maximum absolute atomic E-state index is 12.7. The molecule has 5 N–H and O–H groups in total. The van der Waals surface area contributed by atoms with Gasteiger partial charge in [-0.2, -0.15) is 0 Å². The molecule has 1 aliphatic rings. The first kappa shape index (κ1) is 33.6. The number of hydrogen-bond donors (Lipinski definition) is 5. The molecule has 43 heavy (non-hydrogen) atoms. The van der Waals surface area contributed by atoms with E-state index in [4.69, 9.17) is 4.74 Å². The van der Waals surface area contributed by atoms with E-state index in [1.165, 1.54) is 12.8 Å². The number of likely N-dealkylation sites (tertiary alicyclic amines) is 1. The lowest BCUT2D eigenvalue weighted by molar-refractivity contribution is 0.0528. The number of piperidine rings is 1. The molecule has 0 aliphatic carbocycles. The fraction of sp³-hybridized carbons (Fsp3) is 0.545. The van der Waals surface area contributed by atoms with Gasteiger partial charge < -0.3 is 36.2 Å². The highest BCUT2D eigenvalue weighted by Gasteiger charge is 2.22. The average Bonchev–Trinajstić information content (AvgIpc) is 2.97. The fourth-order valence-corrected chi connectivity index (χ4v) is 4.78. The van der Waals surface area contributed by atoms with Crippen LogP contribution in [0, 0.1) is 0 Å². The molecule has 3 rings (SSSR count). The number of alkyl carbamates (subject to hydrolysis) is 1. The number of hydrogen-bond acceptors (Lipinski definition) is 5. The van der Waals surface area contributed by atoms with Crippen LogP contribution in [-0.4, -0.2) is 60.9 Å². The monoisotopic (exact) mass is 594 g/mol. The summed E-state index contributed by atoms with van der Waals surface area (Å²) in [7, 11) is 0. The van der Waals surface area contributed by atoms with Crippen molar-refractivity contribution in [1.29, 1.82) is 0 Å². The number of anilines is 2. The summed E-state index contributed by atoms with van der Waals surface area (Å²) in [4.78, 5) is 38.4. The van der Waals surface area contributed by atoms with Crippen LogP contribution in [0.3, 0.4) is 0 Å². The first-order valence-electron chi connectivity index (χ1n) is 15.6. The number of urea groups is 2. The normalized spacial score (nSPS) is 13.6. The van der Waals surface area contributed by atoms with E-state index >= 15 is 0 Å². The first-order valence-corrected chi connectivity index (χ1v) is 15.6. The molecule has 0 atom stereocenters. The quantitative estimate of drug-likeness (QED) is 0.176. The lowest BCUT2D eigenvalue weighted by Gasteiger charge is -2.33. The van der Waals surface area contributed by atoms with Gasteiger partial charge in [0.2, 0.25) is 0 Å². The predicted molar refractivity (Wildman–Crippen MR) is 172 cm³/mol. The summed E-state index contributed by atoms with van der Waals surface area (Å²) in [5.74, 6) is 0. The van der Waals surface area contributed by atoms with E-state index in [1.54, 1.807) is 0 Å². The number of carbonyl (C=O) groups is 3. The van der Waals surface area contributed by atoms with Crippen molar-refractivity contribution in [3.05, 3.63) is 59.7 Å². The number of carbonyl (C=O) groups excluding carboxylic acids is 3. The molecule has 0 bridgehead atoms. The van der Waals surface area contributed by atoms with Crippen molar-refractivity contribution in [2.75, 3.05) is 36.8 Å². The van der Waals surface area contributed by atoms with Gasteiger partial charge in [0.25, 0.3) is 0 Å². The van der Waals surface area contributed by atoms with Crippen LogP contribution in [0.25, 0.3) is 0 Å². The topological polar surface area (TPSA) is 124 Å². The summed E-state index contributed by atoms with van der Waals surface area (Å²) < 4.78 is 5.26. The van der Waals surface area contributed by atoms with Gasteiger partial charge in [0, 0.05) is 50.1 Å². The Bertz CT molecular complexity index is 1140. The van der Waals surface area contributed by atoms with Gasteiger partial charge >= 0.3 is 18.2 Å². The van der Waals surface area contributed by atoms with Gasteiger partial charge in [-0.15, -0.1) is 0 Å². The van der Waals surface area contributed by atoms with Crippen molar-refractivity contribution < 1.29 is 19.1 Å². The second kappa shape index (κ2) is 17.2. The lowest BCUT2D eigenvalue weighted by Crippen LogP contribution is -2.46. The van der Waals surface area contributed by atoms with Crippen molar-refractivity contribution in [3.63, 3.8) is 0 Å². The molecule has 5 amide bonds. The number of nitrogens with zero attached hydrogens (tertiary/aromatic N) is 1. The van der Waals surface area contributed by atoms with Crippen LogP contribution >= 0.6 is 0 Å². The highest BCUT2D eigenvalue weighted by atomic mass is 16.6. The van der Waals surface area contributed by atoms with Gasteiger partial charge in [0.1, 0.15) is 5.60 Å². The molecule has 10 heteroatoms. The Hall–Kier alpha value is -3.95. The number of unbranched alkanes of at least 4 members (excludes halogenated alkanes) is 3. The van der Waals surface area contributed by atoms with Gasteiger partial charge in [0.05, 0.1) is 0 Å². The summed E-state index contributed by atoms with van der Waals surface area (Å²) in [6.07, 6.45) is 6.54. The van der Waals surface area contributed by atoms with Crippen LogP contribution in [0.5, 0.6) is 0 Å². The highest BCUT2D eigenvalue weighted by molar-refractivity contribution is 5.89. The standard InChI is InChI=1S/C33H50N6O4/c1-5-6-7-8-20-34-30(40)38-28-15-11-26(12-16-28)24-36-31(41)39-22-18-29(19-23-39)37-27-13-9-25(10-14-27)17-21-35-32(42)43-33(2,3)4/h9-16,29,37H,5-8,17-24H2,1-4H3,(H,35,42)(H,36,41)(H2,34,38,40). The Balaban J connectivity index is 1.30. The zero-order chi connectivity index (χ0) is 31.1. The molecule has 0 saturated carbocycles. The van der Waals surface area contributed by atoms with Gasteiger partial charge in [0.15, 0.2) is 0 Å². The second-order valence-electron chi connectivity index (χ2n) is 12.1. The van der Waals surface area contributed by atoms with E-state index in [-0.39, 0.29) is 12.1 Å². The van der Waals surface area contributed by atoms with Crippen LogP contribution < -0.4 is 26.6 Å². The van der Waals surface area contributed by atoms with Crippen LogP contribution in [0.4, 0.5) is 25.8 Å². The summed E-state index contributed by atoms with van der Waals surface area (Å²) >= 11 is 0. The zero-order valence-electron chi connectivity index (χ0n) is 26.3. The molecule has 2 aromatic carbocycles. The molecule has 2 aromatic rings. The molecule has 0 unspecified atom stereocenters. The van der Waals surface area contributed by atoms with E-state index in [2.05, 4.69) is 57.8 Å². The molecule has 10 nitrogen and oxygen atoms in total. The van der Waals surface area contributed by atoms with Crippen LogP contribution in [0.15, 0.2) is 48.5 Å². The summed E-state index contributed by atoms with van der Waals surface area (Å²) in [6.45, 7) is 10.7. The maximum atomic E-state index is 12.7. The lowest BCUT2D eigenvalue weighted by atomic mass is 10.0. The minimum atomic E-state index is -0.503. The smallest absolute Gasteiger partial charge is 0.407 e. The Morgan fingerprint density at radius 3 is 2.12 bits per heavy atom. The highest BCUT2D eigenvalue weighted by Crippen LogP contribution is 2.18. The molecule has 1 saturated heterocycles. The summed E-state index contributed by atoms with van der Waals surface area (Å²) in [5.41, 5.74) is 3.38. The number of ether oxygens (including phenoxy) is 1. The third kappa shape index (κ3) is 13.3. The first-order chi connectivity index (χ1) is 20.6. The number of benzene rings is 2. The van der Waals surface area contributed by atoms with Crippen LogP contribution in [-0.2, 0) is 17.7 Å². The molecular weight excluding hydrogens is 544 g/mol. The van der Waals surface area contributed by atoms with E-state index in [9.17, 15) is 14.4 Å². The number of nitrogens with one attached hydrogen (secondary N) is 5. The van der Waals surface area contributed by atoms with E-state index in [0.717, 1.165) is 54.6 Å². The molecule has 0 radical (unpaired) electrons. The van der Waals surface area contributed by atoms with Crippen molar-refractivity contribution >= 4 is 29.5 Å². The van der Waals surface area contributed by atoms with Crippen molar-refractivity contribution in [2.45, 2.75) is 90.8 Å². The zero-order valence-corrected chi connectivity index (χ0v) is 26.3. The summed E-state index contributed by atoms with van der Waals surface area (Å²) in [5, 5.41) is 15.1. The Morgan fingerprint density at radius 2 is 1.47 bits per heavy atom. The fourth-order valence-electron chi connectivity index (χ4n) is 4.78. The van der Waals surface area contributed by atoms with Crippen LogP contribution in [0.2, 0.25) is 0 Å². The Kier molecular flexibility index (Phi) is 13.4. The average molecular weight is 595 g/mol. The Morgan fingerprint density at radius 1 is 0.814 bits per heavy atom. The van der Waals surface area contributed by atoms with Gasteiger partial charge in [-0.05, 0) is 81.8 Å². The SMILES string of the molecule is CCCCCCNC(=O)Nc1ccc(CNC(=O)N2CCC(Nc3ccc(CCNC(=O)OC(C)(C)C)cc3)CC2)cc1. The molecule has 1 heterocycles. The molecule has 236 valence electrons. The van der Waals surface area contributed by atoms with Crippen LogP contribution in [0.1, 0.15) is 77.3 Å². The molecule has 0 spiro atoms.